The van der Waals surface area contributed by atoms with Crippen LogP contribution in [0.2, 0.25) is 0 Å². The molecule has 0 heterocycles. The van der Waals surface area contributed by atoms with Crippen molar-refractivity contribution in [1.82, 2.24) is 0 Å². The van der Waals surface area contributed by atoms with E-state index in [1.165, 1.54) is 12.1 Å². The quantitative estimate of drug-likeness (QED) is 0.482. The minimum absolute atomic E-state index is 0.0444. The molecule has 0 unspecified atom stereocenters. The average molecular weight is 301 g/mol. The van der Waals surface area contributed by atoms with Crippen LogP contribution in [0.15, 0.2) is 42.5 Å². The summed E-state index contributed by atoms with van der Waals surface area (Å²) in [5, 5.41) is 10.9. The Bertz CT molecular complexity index is 685. The lowest BCUT2D eigenvalue weighted by molar-refractivity contribution is -0.384. The molecule has 0 aliphatic heterocycles. The van der Waals surface area contributed by atoms with Gasteiger partial charge in [0.05, 0.1) is 10.5 Å². The molecule has 0 amide bonds. The third-order valence-electron chi connectivity index (χ3n) is 2.53. The van der Waals surface area contributed by atoms with Crippen molar-refractivity contribution in [2.24, 2.45) is 0 Å². The first kappa shape index (κ1) is 14.8. The molecular formula is C13H7F4NO3. The number of rotatable bonds is 3. The first-order chi connectivity index (χ1) is 9.76. The van der Waals surface area contributed by atoms with E-state index in [4.69, 9.17) is 0 Å². The maximum absolute atomic E-state index is 13.2. The third-order valence-corrected chi connectivity index (χ3v) is 2.53. The number of nitrogens with zero attached hydrogens (tertiary/aromatic N) is 1. The van der Waals surface area contributed by atoms with E-state index in [2.05, 4.69) is 4.74 Å². The molecule has 0 saturated heterocycles. The van der Waals surface area contributed by atoms with Crippen molar-refractivity contribution in [1.29, 1.82) is 0 Å². The second-order valence-corrected chi connectivity index (χ2v) is 3.99. The van der Waals surface area contributed by atoms with Crippen LogP contribution in [0, 0.1) is 15.9 Å². The fourth-order valence-corrected chi connectivity index (χ4v) is 1.76. The number of nitro groups is 1. The van der Waals surface area contributed by atoms with Gasteiger partial charge in [0.25, 0.3) is 5.69 Å². The Labute approximate surface area is 115 Å². The van der Waals surface area contributed by atoms with Crippen LogP contribution in [-0.4, -0.2) is 11.3 Å². The van der Waals surface area contributed by atoms with Gasteiger partial charge in [-0.05, 0) is 29.8 Å². The summed E-state index contributed by atoms with van der Waals surface area (Å²) in [7, 11) is 0. The lowest BCUT2D eigenvalue weighted by Gasteiger charge is -2.10. The predicted octanol–water partition coefficient (Wildman–Crippen LogP) is 4.30. The normalized spacial score (nSPS) is 11.2. The van der Waals surface area contributed by atoms with Crippen molar-refractivity contribution in [2.75, 3.05) is 0 Å². The summed E-state index contributed by atoms with van der Waals surface area (Å²) in [6, 6.07) is 7.28. The molecule has 0 saturated carbocycles. The van der Waals surface area contributed by atoms with Crippen LogP contribution in [0.1, 0.15) is 0 Å². The Balaban J connectivity index is 2.50. The maximum atomic E-state index is 13.2. The summed E-state index contributed by atoms with van der Waals surface area (Å²) in [6.45, 7) is 0. The summed E-state index contributed by atoms with van der Waals surface area (Å²) < 4.78 is 53.4. The Morgan fingerprint density at radius 1 is 1.10 bits per heavy atom. The van der Waals surface area contributed by atoms with Crippen LogP contribution >= 0.6 is 0 Å². The average Bonchev–Trinajstić information content (AvgIpc) is 2.36. The predicted molar refractivity (Wildman–Crippen MR) is 65.2 cm³/mol. The fourth-order valence-electron chi connectivity index (χ4n) is 1.76. The molecule has 4 nitrogen and oxygen atoms in total. The summed E-state index contributed by atoms with van der Waals surface area (Å²) >= 11 is 0. The molecular weight excluding hydrogens is 294 g/mol. The zero-order valence-electron chi connectivity index (χ0n) is 10.2. The molecule has 0 radical (unpaired) electrons. The van der Waals surface area contributed by atoms with Gasteiger partial charge in [-0.25, -0.2) is 4.39 Å². The number of alkyl halides is 3. The molecule has 0 aliphatic rings. The van der Waals surface area contributed by atoms with Gasteiger partial charge in [-0.15, -0.1) is 13.2 Å². The van der Waals surface area contributed by atoms with Crippen molar-refractivity contribution in [3.8, 4) is 16.9 Å². The maximum Gasteiger partial charge on any atom is 0.573 e. The molecule has 2 aromatic rings. The molecule has 0 atom stereocenters. The van der Waals surface area contributed by atoms with Crippen molar-refractivity contribution in [3.05, 3.63) is 58.4 Å². The van der Waals surface area contributed by atoms with Gasteiger partial charge in [-0.1, -0.05) is 12.1 Å². The van der Waals surface area contributed by atoms with Gasteiger partial charge in [0.15, 0.2) is 0 Å². The zero-order valence-corrected chi connectivity index (χ0v) is 10.2. The minimum Gasteiger partial charge on any atom is -0.406 e. The fraction of sp³-hybridized carbons (Fsp3) is 0.0769. The first-order valence-electron chi connectivity index (χ1n) is 5.56. The van der Waals surface area contributed by atoms with E-state index >= 15 is 0 Å². The Morgan fingerprint density at radius 3 is 2.43 bits per heavy atom. The topological polar surface area (TPSA) is 52.4 Å². The molecule has 0 aliphatic carbocycles. The van der Waals surface area contributed by atoms with E-state index in [1.54, 1.807) is 0 Å². The number of halogens is 4. The zero-order chi connectivity index (χ0) is 15.6. The Morgan fingerprint density at radius 2 is 1.81 bits per heavy atom. The van der Waals surface area contributed by atoms with E-state index in [0.29, 0.717) is 0 Å². The molecule has 110 valence electrons. The standard InChI is InChI=1S/C13H7F4NO3/c14-9-4-5-12(18(19)20)11(7-9)8-2-1-3-10(6-8)21-13(15,16)17/h1-7H. The largest absolute Gasteiger partial charge is 0.573 e. The van der Waals surface area contributed by atoms with Crippen LogP contribution in [0.5, 0.6) is 5.75 Å². The molecule has 2 rings (SSSR count). The second kappa shape index (κ2) is 5.39. The van der Waals surface area contributed by atoms with E-state index in [1.807, 2.05) is 0 Å². The summed E-state index contributed by atoms with van der Waals surface area (Å²) in [5.74, 6) is -1.28. The van der Waals surface area contributed by atoms with E-state index in [-0.39, 0.29) is 11.1 Å². The molecule has 0 N–H and O–H groups in total. The second-order valence-electron chi connectivity index (χ2n) is 3.99. The number of ether oxygens (including phenoxy) is 1. The highest BCUT2D eigenvalue weighted by Gasteiger charge is 2.31. The molecule has 0 spiro atoms. The van der Waals surface area contributed by atoms with Gasteiger partial charge >= 0.3 is 6.36 Å². The highest BCUT2D eigenvalue weighted by molar-refractivity contribution is 5.74. The van der Waals surface area contributed by atoms with E-state index in [9.17, 15) is 27.7 Å². The highest BCUT2D eigenvalue weighted by atomic mass is 19.4. The van der Waals surface area contributed by atoms with Crippen molar-refractivity contribution in [2.45, 2.75) is 6.36 Å². The van der Waals surface area contributed by atoms with Crippen LogP contribution in [0.25, 0.3) is 11.1 Å². The number of nitro benzene ring substituents is 1. The number of benzene rings is 2. The molecule has 0 fully saturated rings. The van der Waals surface area contributed by atoms with Crippen LogP contribution in [0.4, 0.5) is 23.2 Å². The van der Waals surface area contributed by atoms with Crippen molar-refractivity contribution < 1.29 is 27.2 Å². The molecule has 2 aromatic carbocycles. The Kier molecular flexibility index (Phi) is 3.79. The van der Waals surface area contributed by atoms with Gasteiger partial charge in [-0.2, -0.15) is 0 Å². The minimum atomic E-state index is -4.88. The summed E-state index contributed by atoms with van der Waals surface area (Å²) in [4.78, 5) is 10.1. The van der Waals surface area contributed by atoms with Gasteiger partial charge in [0.2, 0.25) is 0 Å². The van der Waals surface area contributed by atoms with Crippen LogP contribution < -0.4 is 4.74 Å². The molecule has 21 heavy (non-hydrogen) atoms. The van der Waals surface area contributed by atoms with Gasteiger partial charge < -0.3 is 4.74 Å². The van der Waals surface area contributed by atoms with E-state index < -0.39 is 28.5 Å². The molecule has 0 bridgehead atoms. The third kappa shape index (κ3) is 3.68. The summed E-state index contributed by atoms with van der Waals surface area (Å²) in [6.07, 6.45) is -4.88. The van der Waals surface area contributed by atoms with Gasteiger partial charge in [-0.3, -0.25) is 10.1 Å². The van der Waals surface area contributed by atoms with E-state index in [0.717, 1.165) is 30.3 Å². The van der Waals surface area contributed by atoms with Gasteiger partial charge in [0.1, 0.15) is 11.6 Å². The summed E-state index contributed by atoms with van der Waals surface area (Å²) in [5.41, 5.74) is -0.504. The molecule has 0 aromatic heterocycles. The lowest BCUT2D eigenvalue weighted by Crippen LogP contribution is -2.17. The number of hydrogen-bond acceptors (Lipinski definition) is 3. The highest BCUT2D eigenvalue weighted by Crippen LogP contribution is 2.33. The van der Waals surface area contributed by atoms with Crippen LogP contribution in [-0.2, 0) is 0 Å². The SMILES string of the molecule is O=[N+]([O-])c1ccc(F)cc1-c1cccc(OC(F)(F)F)c1. The first-order valence-corrected chi connectivity index (χ1v) is 5.56. The monoisotopic (exact) mass is 301 g/mol. The Hall–Kier alpha value is -2.64. The van der Waals surface area contributed by atoms with Crippen LogP contribution in [0.3, 0.4) is 0 Å². The van der Waals surface area contributed by atoms with Crippen molar-refractivity contribution in [3.63, 3.8) is 0 Å². The number of hydrogen-bond donors (Lipinski definition) is 0. The smallest absolute Gasteiger partial charge is 0.406 e. The molecule has 8 heteroatoms. The lowest BCUT2D eigenvalue weighted by atomic mass is 10.0. The van der Waals surface area contributed by atoms with Gasteiger partial charge in [0, 0.05) is 6.07 Å². The van der Waals surface area contributed by atoms with Crippen molar-refractivity contribution >= 4 is 5.69 Å².